The Morgan fingerprint density at radius 1 is 1.25 bits per heavy atom. The Bertz CT molecular complexity index is 598. The SMILES string of the molecule is Cl.O=C(C1NNC2CCNCC21)N(Cc1cccc(F)c1)C1CC1. The minimum Gasteiger partial charge on any atom is -0.334 e. The van der Waals surface area contributed by atoms with Gasteiger partial charge < -0.3 is 10.2 Å². The maximum atomic E-state index is 13.4. The molecule has 3 N–H and O–H groups in total. The molecule has 3 fully saturated rings. The predicted octanol–water partition coefficient (Wildman–Crippen LogP) is 1.19. The van der Waals surface area contributed by atoms with Crippen molar-refractivity contribution in [3.05, 3.63) is 35.6 Å². The molecule has 1 amide bonds. The van der Waals surface area contributed by atoms with Crippen molar-refractivity contribution in [1.29, 1.82) is 0 Å². The van der Waals surface area contributed by atoms with Crippen LogP contribution in [0.15, 0.2) is 24.3 Å². The third-order valence-electron chi connectivity index (χ3n) is 5.16. The van der Waals surface area contributed by atoms with Crippen LogP contribution in [0, 0.1) is 11.7 Å². The second-order valence-corrected chi connectivity index (χ2v) is 6.86. The number of nitrogens with one attached hydrogen (secondary N) is 3. The zero-order valence-corrected chi connectivity index (χ0v) is 14.3. The van der Waals surface area contributed by atoms with Gasteiger partial charge in [-0.3, -0.25) is 10.2 Å². The van der Waals surface area contributed by atoms with Crippen LogP contribution in [0.4, 0.5) is 4.39 Å². The number of hydrogen-bond acceptors (Lipinski definition) is 4. The van der Waals surface area contributed by atoms with Crippen LogP contribution in [-0.4, -0.2) is 42.0 Å². The number of nitrogens with zero attached hydrogens (tertiary/aromatic N) is 1. The first-order valence-corrected chi connectivity index (χ1v) is 8.49. The second-order valence-electron chi connectivity index (χ2n) is 6.86. The minimum atomic E-state index is -0.247. The lowest BCUT2D eigenvalue weighted by Gasteiger charge is -2.31. The van der Waals surface area contributed by atoms with E-state index in [-0.39, 0.29) is 36.1 Å². The molecule has 1 aliphatic carbocycles. The number of amides is 1. The number of benzene rings is 1. The van der Waals surface area contributed by atoms with E-state index in [1.165, 1.54) is 12.1 Å². The summed E-state index contributed by atoms with van der Waals surface area (Å²) in [6.07, 6.45) is 3.13. The first kappa shape index (κ1) is 17.6. The molecule has 0 bridgehead atoms. The van der Waals surface area contributed by atoms with Crippen molar-refractivity contribution < 1.29 is 9.18 Å². The molecule has 3 unspecified atom stereocenters. The molecule has 132 valence electrons. The number of hydrogen-bond donors (Lipinski definition) is 3. The quantitative estimate of drug-likeness (QED) is 0.760. The molecular formula is C17H24ClFN4O. The molecule has 4 rings (SSSR count). The molecule has 1 aromatic rings. The Kier molecular flexibility index (Phi) is 5.39. The molecule has 0 spiro atoms. The van der Waals surface area contributed by atoms with Crippen LogP contribution in [0.3, 0.4) is 0 Å². The average Bonchev–Trinajstić information content (AvgIpc) is 3.31. The van der Waals surface area contributed by atoms with E-state index in [9.17, 15) is 9.18 Å². The van der Waals surface area contributed by atoms with Gasteiger partial charge in [-0.1, -0.05) is 12.1 Å². The fourth-order valence-electron chi connectivity index (χ4n) is 3.74. The molecule has 7 heteroatoms. The normalized spacial score (nSPS) is 28.8. The average molecular weight is 355 g/mol. The number of carbonyl (C=O) groups is 1. The Labute approximate surface area is 147 Å². The first-order valence-electron chi connectivity index (χ1n) is 8.49. The summed E-state index contributed by atoms with van der Waals surface area (Å²) in [6, 6.07) is 7.03. The zero-order valence-electron chi connectivity index (χ0n) is 13.5. The van der Waals surface area contributed by atoms with Gasteiger partial charge in [0.25, 0.3) is 0 Å². The number of fused-ring (bicyclic) bond motifs is 1. The number of carbonyl (C=O) groups excluding carboxylic acids is 1. The summed E-state index contributed by atoms with van der Waals surface area (Å²) >= 11 is 0. The van der Waals surface area contributed by atoms with E-state index in [2.05, 4.69) is 16.2 Å². The Balaban J connectivity index is 0.00000169. The second kappa shape index (κ2) is 7.35. The minimum absolute atomic E-state index is 0. The smallest absolute Gasteiger partial charge is 0.242 e. The lowest BCUT2D eigenvalue weighted by atomic mass is 9.88. The Morgan fingerprint density at radius 2 is 2.08 bits per heavy atom. The van der Waals surface area contributed by atoms with E-state index in [0.29, 0.717) is 18.6 Å². The summed E-state index contributed by atoms with van der Waals surface area (Å²) < 4.78 is 13.4. The van der Waals surface area contributed by atoms with Gasteiger partial charge in [-0.25, -0.2) is 9.82 Å². The highest BCUT2D eigenvalue weighted by atomic mass is 35.5. The fourth-order valence-corrected chi connectivity index (χ4v) is 3.74. The molecule has 2 heterocycles. The van der Waals surface area contributed by atoms with Gasteiger partial charge in [0.15, 0.2) is 0 Å². The summed E-state index contributed by atoms with van der Waals surface area (Å²) in [5, 5.41) is 3.38. The molecule has 0 radical (unpaired) electrons. The highest BCUT2D eigenvalue weighted by Gasteiger charge is 2.45. The van der Waals surface area contributed by atoms with E-state index in [4.69, 9.17) is 0 Å². The highest BCUT2D eigenvalue weighted by Crippen LogP contribution is 2.31. The number of rotatable bonds is 4. The van der Waals surface area contributed by atoms with Gasteiger partial charge in [0.2, 0.25) is 5.91 Å². The molecule has 3 atom stereocenters. The van der Waals surface area contributed by atoms with Gasteiger partial charge in [-0.05, 0) is 43.5 Å². The van der Waals surface area contributed by atoms with Crippen molar-refractivity contribution >= 4 is 18.3 Å². The van der Waals surface area contributed by atoms with Gasteiger partial charge in [0.05, 0.1) is 0 Å². The number of hydrazine groups is 1. The maximum Gasteiger partial charge on any atom is 0.242 e. The standard InChI is InChI=1S/C17H23FN4O.ClH/c18-12-3-1-2-11(8-12)10-22(13-4-5-13)17(23)16-14-9-19-7-6-15(14)20-21-16;/h1-3,8,13-16,19-21H,4-7,9-10H2;1H. The summed E-state index contributed by atoms with van der Waals surface area (Å²) in [5.74, 6) is 0.174. The molecule has 5 nitrogen and oxygen atoms in total. The molecular weight excluding hydrogens is 331 g/mol. The van der Waals surface area contributed by atoms with E-state index in [1.807, 2.05) is 11.0 Å². The molecule has 3 aliphatic rings. The zero-order chi connectivity index (χ0) is 15.8. The molecule has 1 saturated carbocycles. The molecule has 2 aliphatic heterocycles. The van der Waals surface area contributed by atoms with Crippen molar-refractivity contribution in [3.63, 3.8) is 0 Å². The van der Waals surface area contributed by atoms with Crippen molar-refractivity contribution in [2.24, 2.45) is 5.92 Å². The number of halogens is 2. The van der Waals surface area contributed by atoms with Gasteiger partial charge in [-0.2, -0.15) is 0 Å². The van der Waals surface area contributed by atoms with Crippen LogP contribution in [0.25, 0.3) is 0 Å². The van der Waals surface area contributed by atoms with Crippen molar-refractivity contribution in [2.45, 2.75) is 43.9 Å². The van der Waals surface area contributed by atoms with Crippen molar-refractivity contribution in [1.82, 2.24) is 21.1 Å². The van der Waals surface area contributed by atoms with Crippen molar-refractivity contribution in [3.8, 4) is 0 Å². The van der Waals surface area contributed by atoms with Crippen LogP contribution in [0.2, 0.25) is 0 Å². The molecule has 24 heavy (non-hydrogen) atoms. The van der Waals surface area contributed by atoms with Crippen molar-refractivity contribution in [2.75, 3.05) is 13.1 Å². The van der Waals surface area contributed by atoms with Crippen LogP contribution < -0.4 is 16.2 Å². The Hall–Kier alpha value is -1.21. The fraction of sp³-hybridized carbons (Fsp3) is 0.588. The lowest BCUT2D eigenvalue weighted by Crippen LogP contribution is -2.51. The van der Waals surface area contributed by atoms with Gasteiger partial charge in [0.1, 0.15) is 11.9 Å². The van der Waals surface area contributed by atoms with Gasteiger partial charge >= 0.3 is 0 Å². The third kappa shape index (κ3) is 3.57. The summed E-state index contributed by atoms with van der Waals surface area (Å²) in [7, 11) is 0. The summed E-state index contributed by atoms with van der Waals surface area (Å²) in [4.78, 5) is 15.0. The highest BCUT2D eigenvalue weighted by molar-refractivity contribution is 5.85. The third-order valence-corrected chi connectivity index (χ3v) is 5.16. The molecule has 2 saturated heterocycles. The molecule has 1 aromatic carbocycles. The number of piperidine rings is 1. The first-order chi connectivity index (χ1) is 11.2. The van der Waals surface area contributed by atoms with Crippen LogP contribution in [0.5, 0.6) is 0 Å². The van der Waals surface area contributed by atoms with Gasteiger partial charge in [0, 0.05) is 31.1 Å². The lowest BCUT2D eigenvalue weighted by molar-refractivity contribution is -0.135. The molecule has 0 aromatic heterocycles. The van der Waals surface area contributed by atoms with Crippen LogP contribution >= 0.6 is 12.4 Å². The van der Waals surface area contributed by atoms with Crippen LogP contribution in [-0.2, 0) is 11.3 Å². The predicted molar refractivity (Wildman–Crippen MR) is 92.0 cm³/mol. The van der Waals surface area contributed by atoms with E-state index < -0.39 is 0 Å². The maximum absolute atomic E-state index is 13.4. The Morgan fingerprint density at radius 3 is 2.83 bits per heavy atom. The van der Waals surface area contributed by atoms with E-state index in [0.717, 1.165) is 37.9 Å². The summed E-state index contributed by atoms with van der Waals surface area (Å²) in [5.41, 5.74) is 7.34. The van der Waals surface area contributed by atoms with E-state index >= 15 is 0 Å². The summed E-state index contributed by atoms with van der Waals surface area (Å²) in [6.45, 7) is 2.34. The topological polar surface area (TPSA) is 56.4 Å². The van der Waals surface area contributed by atoms with Crippen LogP contribution in [0.1, 0.15) is 24.8 Å². The largest absolute Gasteiger partial charge is 0.334 e. The van der Waals surface area contributed by atoms with Gasteiger partial charge in [-0.15, -0.1) is 12.4 Å². The van der Waals surface area contributed by atoms with E-state index in [1.54, 1.807) is 6.07 Å². The monoisotopic (exact) mass is 354 g/mol.